The predicted molar refractivity (Wildman–Crippen MR) is 63.3 cm³/mol. The number of aliphatic carboxylic acids is 1. The Bertz CT molecular complexity index is 358. The minimum atomic E-state index is -1.06. The number of carboxylic acid groups (broad SMARTS) is 1. The van der Waals surface area contributed by atoms with Crippen molar-refractivity contribution < 1.29 is 19.5 Å². The lowest BCUT2D eigenvalue weighted by Crippen LogP contribution is -2.55. The fourth-order valence-electron chi connectivity index (χ4n) is 2.16. The molecule has 1 heterocycles. The first-order chi connectivity index (χ1) is 8.32. The molecule has 5 N–H and O–H groups in total. The minimum Gasteiger partial charge on any atom is -0.480 e. The average Bonchev–Trinajstić information content (AvgIpc) is 2.26. The molecule has 7 nitrogen and oxygen atoms in total. The third kappa shape index (κ3) is 3.43. The molecular weight excluding hydrogens is 238 g/mol. The molecule has 7 heteroatoms. The number of hydrogen-bond acceptors (Lipinski definition) is 4. The van der Waals surface area contributed by atoms with E-state index >= 15 is 0 Å². The number of amides is 2. The number of carbonyl (C=O) groups excluding carboxylic acids is 2. The lowest BCUT2D eigenvalue weighted by atomic mass is 9.91. The number of likely N-dealkylation sites (tertiary alicyclic amines) is 1. The van der Waals surface area contributed by atoms with Gasteiger partial charge in [-0.3, -0.25) is 9.59 Å². The summed E-state index contributed by atoms with van der Waals surface area (Å²) in [4.78, 5) is 35.1. The topological polar surface area (TPSA) is 127 Å². The van der Waals surface area contributed by atoms with Gasteiger partial charge in [0.15, 0.2) is 0 Å². The molecule has 1 saturated heterocycles. The van der Waals surface area contributed by atoms with Gasteiger partial charge in [-0.25, -0.2) is 4.79 Å². The smallest absolute Gasteiger partial charge is 0.326 e. The maximum Gasteiger partial charge on any atom is 0.326 e. The Labute approximate surface area is 105 Å². The fraction of sp³-hybridized carbons (Fsp3) is 0.727. The Morgan fingerprint density at radius 1 is 1.44 bits per heavy atom. The van der Waals surface area contributed by atoms with Crippen molar-refractivity contribution in [3.05, 3.63) is 0 Å². The molecule has 1 rings (SSSR count). The number of hydrogen-bond donors (Lipinski definition) is 3. The van der Waals surface area contributed by atoms with Crippen LogP contribution < -0.4 is 11.5 Å². The largest absolute Gasteiger partial charge is 0.480 e. The zero-order valence-electron chi connectivity index (χ0n) is 10.3. The number of carbonyl (C=O) groups is 3. The molecule has 1 aliphatic rings. The third-order valence-corrected chi connectivity index (χ3v) is 3.17. The van der Waals surface area contributed by atoms with Gasteiger partial charge in [-0.15, -0.1) is 0 Å². The van der Waals surface area contributed by atoms with Gasteiger partial charge in [0.25, 0.3) is 0 Å². The van der Waals surface area contributed by atoms with Gasteiger partial charge in [-0.05, 0) is 18.8 Å². The van der Waals surface area contributed by atoms with Crippen LogP contribution in [0.25, 0.3) is 0 Å². The van der Waals surface area contributed by atoms with Crippen molar-refractivity contribution in [2.75, 3.05) is 6.54 Å². The summed E-state index contributed by atoms with van der Waals surface area (Å²) in [7, 11) is 0. The molecule has 0 aliphatic carbocycles. The molecule has 0 aromatic carbocycles. The first-order valence-corrected chi connectivity index (χ1v) is 5.90. The Morgan fingerprint density at radius 3 is 2.56 bits per heavy atom. The zero-order chi connectivity index (χ0) is 13.9. The molecule has 0 bridgehead atoms. The molecule has 3 unspecified atom stereocenters. The van der Waals surface area contributed by atoms with E-state index in [1.807, 2.05) is 6.92 Å². The first-order valence-electron chi connectivity index (χ1n) is 5.90. The Morgan fingerprint density at radius 2 is 2.06 bits per heavy atom. The van der Waals surface area contributed by atoms with Gasteiger partial charge in [0, 0.05) is 6.54 Å². The SMILES string of the molecule is CC1CCN(C(=O)C(N)CC(N)=O)C(C(=O)O)C1. The van der Waals surface area contributed by atoms with Crippen molar-refractivity contribution in [2.24, 2.45) is 17.4 Å². The number of carboxylic acids is 1. The van der Waals surface area contributed by atoms with Gasteiger partial charge in [-0.1, -0.05) is 6.92 Å². The summed E-state index contributed by atoms with van der Waals surface area (Å²) in [5, 5.41) is 9.11. The molecule has 2 amide bonds. The maximum atomic E-state index is 12.0. The maximum absolute atomic E-state index is 12.0. The number of piperidine rings is 1. The van der Waals surface area contributed by atoms with Gasteiger partial charge in [0.05, 0.1) is 12.5 Å². The van der Waals surface area contributed by atoms with Crippen molar-refractivity contribution in [2.45, 2.75) is 38.3 Å². The second-order valence-corrected chi connectivity index (χ2v) is 4.79. The summed E-state index contributed by atoms with van der Waals surface area (Å²) in [6.07, 6.45) is 0.875. The Balaban J connectivity index is 2.75. The van der Waals surface area contributed by atoms with Gasteiger partial charge in [0.1, 0.15) is 6.04 Å². The van der Waals surface area contributed by atoms with E-state index in [0.29, 0.717) is 13.0 Å². The quantitative estimate of drug-likeness (QED) is 0.589. The first kappa shape index (κ1) is 14.4. The van der Waals surface area contributed by atoms with Crippen molar-refractivity contribution in [1.82, 2.24) is 4.90 Å². The molecule has 0 spiro atoms. The molecule has 0 radical (unpaired) electrons. The van der Waals surface area contributed by atoms with E-state index in [4.69, 9.17) is 16.6 Å². The van der Waals surface area contributed by atoms with E-state index in [-0.39, 0.29) is 12.3 Å². The summed E-state index contributed by atoms with van der Waals surface area (Å²) in [5.41, 5.74) is 10.5. The normalized spacial score (nSPS) is 25.6. The molecule has 0 aromatic heterocycles. The summed E-state index contributed by atoms with van der Waals surface area (Å²) in [6.45, 7) is 2.30. The highest BCUT2D eigenvalue weighted by molar-refractivity contribution is 5.90. The predicted octanol–water partition coefficient (Wildman–Crippen LogP) is -1.10. The Hall–Kier alpha value is -1.63. The minimum absolute atomic E-state index is 0.252. The van der Waals surface area contributed by atoms with E-state index in [9.17, 15) is 14.4 Å². The van der Waals surface area contributed by atoms with Crippen LogP contribution in [0.1, 0.15) is 26.2 Å². The van der Waals surface area contributed by atoms with Crippen LogP contribution in [0.5, 0.6) is 0 Å². The highest BCUT2D eigenvalue weighted by Crippen LogP contribution is 2.23. The molecule has 102 valence electrons. The van der Waals surface area contributed by atoms with E-state index in [0.717, 1.165) is 6.42 Å². The zero-order valence-corrected chi connectivity index (χ0v) is 10.3. The van der Waals surface area contributed by atoms with Crippen molar-refractivity contribution >= 4 is 17.8 Å². The molecule has 0 aromatic rings. The van der Waals surface area contributed by atoms with Crippen LogP contribution in [0.15, 0.2) is 0 Å². The van der Waals surface area contributed by atoms with E-state index in [1.165, 1.54) is 4.90 Å². The highest BCUT2D eigenvalue weighted by Gasteiger charge is 2.36. The second-order valence-electron chi connectivity index (χ2n) is 4.79. The molecule has 3 atom stereocenters. The molecule has 1 fully saturated rings. The fourth-order valence-corrected chi connectivity index (χ4v) is 2.16. The lowest BCUT2D eigenvalue weighted by molar-refractivity contribution is -0.153. The van der Waals surface area contributed by atoms with Gasteiger partial charge in [0.2, 0.25) is 11.8 Å². The van der Waals surface area contributed by atoms with Crippen LogP contribution in [0, 0.1) is 5.92 Å². The van der Waals surface area contributed by atoms with Crippen LogP contribution >= 0.6 is 0 Å². The third-order valence-electron chi connectivity index (χ3n) is 3.17. The van der Waals surface area contributed by atoms with Crippen LogP contribution in [-0.4, -0.2) is 46.4 Å². The molecule has 1 aliphatic heterocycles. The second kappa shape index (κ2) is 5.81. The summed E-state index contributed by atoms with van der Waals surface area (Å²) in [6, 6.07) is -1.92. The summed E-state index contributed by atoms with van der Waals surface area (Å²) in [5.74, 6) is -1.98. The van der Waals surface area contributed by atoms with Crippen molar-refractivity contribution in [1.29, 1.82) is 0 Å². The monoisotopic (exact) mass is 257 g/mol. The van der Waals surface area contributed by atoms with Crippen LogP contribution in [-0.2, 0) is 14.4 Å². The molecule has 0 saturated carbocycles. The lowest BCUT2D eigenvalue weighted by Gasteiger charge is -2.37. The standard InChI is InChI=1S/C11H19N3O4/c1-6-2-3-14(8(4-6)11(17)18)10(16)7(12)5-9(13)15/h6-8H,2-5,12H2,1H3,(H2,13,15)(H,17,18). The van der Waals surface area contributed by atoms with Crippen molar-refractivity contribution in [3.63, 3.8) is 0 Å². The van der Waals surface area contributed by atoms with Crippen LogP contribution in [0.4, 0.5) is 0 Å². The van der Waals surface area contributed by atoms with Gasteiger partial charge in [-0.2, -0.15) is 0 Å². The molecular formula is C11H19N3O4. The number of nitrogens with two attached hydrogens (primary N) is 2. The van der Waals surface area contributed by atoms with E-state index in [2.05, 4.69) is 0 Å². The van der Waals surface area contributed by atoms with E-state index in [1.54, 1.807) is 0 Å². The van der Waals surface area contributed by atoms with Crippen molar-refractivity contribution in [3.8, 4) is 0 Å². The van der Waals surface area contributed by atoms with E-state index < -0.39 is 29.9 Å². The van der Waals surface area contributed by atoms with Crippen LogP contribution in [0.3, 0.4) is 0 Å². The summed E-state index contributed by atoms with van der Waals surface area (Å²) < 4.78 is 0. The molecule has 18 heavy (non-hydrogen) atoms. The number of rotatable bonds is 4. The number of nitrogens with zero attached hydrogens (tertiary/aromatic N) is 1. The highest BCUT2D eigenvalue weighted by atomic mass is 16.4. The average molecular weight is 257 g/mol. The van der Waals surface area contributed by atoms with Gasteiger partial charge >= 0.3 is 5.97 Å². The summed E-state index contributed by atoms with van der Waals surface area (Å²) >= 11 is 0. The van der Waals surface area contributed by atoms with Crippen LogP contribution in [0.2, 0.25) is 0 Å². The van der Waals surface area contributed by atoms with Gasteiger partial charge < -0.3 is 21.5 Å². The number of primary amides is 1. The Kier molecular flexibility index (Phi) is 4.66.